The van der Waals surface area contributed by atoms with Crippen molar-refractivity contribution >= 4 is 22.0 Å². The molecule has 0 radical (unpaired) electrons. The fraction of sp³-hybridized carbons (Fsp3) is 0.429. The van der Waals surface area contributed by atoms with E-state index in [1.165, 1.54) is 4.31 Å². The molecule has 1 saturated heterocycles. The van der Waals surface area contributed by atoms with Gasteiger partial charge < -0.3 is 4.90 Å². The molecule has 29 heavy (non-hydrogen) atoms. The molecule has 2 aromatic rings. The van der Waals surface area contributed by atoms with Crippen LogP contribution in [0.1, 0.15) is 28.1 Å². The second-order valence-electron chi connectivity index (χ2n) is 7.54. The Hall–Kier alpha value is -2.45. The zero-order valence-electron chi connectivity index (χ0n) is 17.6. The number of rotatable bonds is 4. The molecule has 1 aliphatic heterocycles. The minimum atomic E-state index is -3.56. The molecule has 8 heteroatoms. The highest BCUT2D eigenvalue weighted by Gasteiger charge is 2.30. The molecule has 2 heterocycles. The van der Waals surface area contributed by atoms with Crippen molar-refractivity contribution in [3.8, 4) is 0 Å². The zero-order chi connectivity index (χ0) is 21.3. The lowest BCUT2D eigenvalue weighted by Crippen LogP contribution is -2.50. The van der Waals surface area contributed by atoms with Crippen LogP contribution in [-0.4, -0.2) is 59.5 Å². The van der Waals surface area contributed by atoms with Crippen LogP contribution in [0.5, 0.6) is 0 Å². The van der Waals surface area contributed by atoms with Crippen molar-refractivity contribution in [1.29, 1.82) is 0 Å². The summed E-state index contributed by atoms with van der Waals surface area (Å²) >= 11 is 0. The molecule has 0 bridgehead atoms. The van der Waals surface area contributed by atoms with Crippen molar-refractivity contribution in [2.45, 2.75) is 32.6 Å². The quantitative estimate of drug-likeness (QED) is 0.716. The first kappa shape index (κ1) is 21.3. The highest BCUT2D eigenvalue weighted by Crippen LogP contribution is 2.22. The van der Waals surface area contributed by atoms with Gasteiger partial charge in [0.05, 0.1) is 10.6 Å². The van der Waals surface area contributed by atoms with E-state index in [0.29, 0.717) is 31.1 Å². The van der Waals surface area contributed by atoms with Gasteiger partial charge in [-0.1, -0.05) is 12.1 Å². The van der Waals surface area contributed by atoms with Gasteiger partial charge in [0.15, 0.2) is 0 Å². The summed E-state index contributed by atoms with van der Waals surface area (Å²) in [5.41, 5.74) is 4.46. The maximum Gasteiger partial charge on any atom is 0.246 e. The standard InChI is InChI=1S/C21H28N4O3S/c1-15-6-7-16(2)20(14-15)29(27,28)25-12-10-24(11-13-25)21(26)9-8-19-17(3)22-23(5)18(19)4/h6-9,14H,10-13H2,1-5H3. The predicted molar refractivity (Wildman–Crippen MR) is 113 cm³/mol. The Morgan fingerprint density at radius 3 is 2.31 bits per heavy atom. The first-order valence-corrected chi connectivity index (χ1v) is 11.1. The molecule has 0 N–H and O–H groups in total. The van der Waals surface area contributed by atoms with E-state index in [-0.39, 0.29) is 5.91 Å². The largest absolute Gasteiger partial charge is 0.337 e. The Morgan fingerprint density at radius 1 is 1.07 bits per heavy atom. The summed E-state index contributed by atoms with van der Waals surface area (Å²) in [6.07, 6.45) is 3.34. The number of hydrogen-bond donors (Lipinski definition) is 0. The molecule has 0 saturated carbocycles. The molecule has 0 unspecified atom stereocenters. The van der Waals surface area contributed by atoms with Crippen LogP contribution in [0.2, 0.25) is 0 Å². The maximum atomic E-state index is 13.0. The van der Waals surface area contributed by atoms with Crippen LogP contribution in [0.25, 0.3) is 6.08 Å². The Labute approximate surface area is 172 Å². The minimum Gasteiger partial charge on any atom is -0.337 e. The van der Waals surface area contributed by atoms with Gasteiger partial charge in [0.1, 0.15) is 0 Å². The highest BCUT2D eigenvalue weighted by atomic mass is 32.2. The maximum absolute atomic E-state index is 13.0. The molecular formula is C21H28N4O3S. The summed E-state index contributed by atoms with van der Waals surface area (Å²) in [5, 5.41) is 4.35. The van der Waals surface area contributed by atoms with Crippen molar-refractivity contribution in [2.75, 3.05) is 26.2 Å². The van der Waals surface area contributed by atoms with Gasteiger partial charge in [-0.15, -0.1) is 0 Å². The monoisotopic (exact) mass is 416 g/mol. The van der Waals surface area contributed by atoms with Crippen LogP contribution in [0.3, 0.4) is 0 Å². The van der Waals surface area contributed by atoms with E-state index in [1.807, 2.05) is 40.0 Å². The van der Waals surface area contributed by atoms with E-state index >= 15 is 0 Å². The topological polar surface area (TPSA) is 75.5 Å². The number of aromatic nitrogens is 2. The average Bonchev–Trinajstić information content (AvgIpc) is 2.93. The van der Waals surface area contributed by atoms with Crippen molar-refractivity contribution in [3.63, 3.8) is 0 Å². The van der Waals surface area contributed by atoms with E-state index in [4.69, 9.17) is 0 Å². The normalized spacial score (nSPS) is 16.0. The third-order valence-electron chi connectivity index (χ3n) is 5.47. The number of hydrogen-bond acceptors (Lipinski definition) is 4. The Morgan fingerprint density at radius 2 is 1.72 bits per heavy atom. The molecule has 0 spiro atoms. The van der Waals surface area contributed by atoms with E-state index in [2.05, 4.69) is 5.10 Å². The Balaban J connectivity index is 1.67. The number of nitrogens with zero attached hydrogens (tertiary/aromatic N) is 4. The first-order valence-electron chi connectivity index (χ1n) is 9.66. The lowest BCUT2D eigenvalue weighted by atomic mass is 10.2. The van der Waals surface area contributed by atoms with E-state index in [1.54, 1.807) is 34.7 Å². The van der Waals surface area contributed by atoms with Gasteiger partial charge in [-0.2, -0.15) is 9.40 Å². The fourth-order valence-electron chi connectivity index (χ4n) is 3.56. The summed E-state index contributed by atoms with van der Waals surface area (Å²) in [5.74, 6) is -0.114. The van der Waals surface area contributed by atoms with Crippen LogP contribution < -0.4 is 0 Å². The number of amides is 1. The van der Waals surface area contributed by atoms with Crippen molar-refractivity contribution < 1.29 is 13.2 Å². The van der Waals surface area contributed by atoms with Crippen molar-refractivity contribution in [1.82, 2.24) is 19.0 Å². The van der Waals surface area contributed by atoms with E-state index in [9.17, 15) is 13.2 Å². The van der Waals surface area contributed by atoms with Crippen LogP contribution in [0.15, 0.2) is 29.2 Å². The summed E-state index contributed by atoms with van der Waals surface area (Å²) in [6, 6.07) is 5.45. The van der Waals surface area contributed by atoms with Crippen LogP contribution in [0, 0.1) is 27.7 Å². The van der Waals surface area contributed by atoms with Crippen molar-refractivity contribution in [2.24, 2.45) is 7.05 Å². The Kier molecular flexibility index (Phi) is 5.95. The lowest BCUT2D eigenvalue weighted by Gasteiger charge is -2.33. The second kappa shape index (κ2) is 8.12. The summed E-state index contributed by atoms with van der Waals surface area (Å²) in [4.78, 5) is 14.6. The average molecular weight is 417 g/mol. The molecule has 0 aliphatic carbocycles. The molecule has 1 amide bonds. The third kappa shape index (κ3) is 4.28. The van der Waals surface area contributed by atoms with Gasteiger partial charge in [0, 0.05) is 50.6 Å². The number of carbonyl (C=O) groups excluding carboxylic acids is 1. The fourth-order valence-corrected chi connectivity index (χ4v) is 5.30. The second-order valence-corrected chi connectivity index (χ2v) is 9.45. The number of carbonyl (C=O) groups is 1. The first-order chi connectivity index (χ1) is 13.6. The van der Waals surface area contributed by atoms with Crippen molar-refractivity contribution in [3.05, 3.63) is 52.4 Å². The van der Waals surface area contributed by atoms with Gasteiger partial charge in [-0.3, -0.25) is 9.48 Å². The van der Waals surface area contributed by atoms with Crippen LogP contribution in [0.4, 0.5) is 0 Å². The van der Waals surface area contributed by atoms with E-state index in [0.717, 1.165) is 28.1 Å². The number of piperazine rings is 1. The molecule has 1 aliphatic rings. The smallest absolute Gasteiger partial charge is 0.246 e. The van der Waals surface area contributed by atoms with Gasteiger partial charge in [-0.25, -0.2) is 8.42 Å². The Bertz CT molecular complexity index is 1060. The SMILES string of the molecule is Cc1ccc(C)c(S(=O)(=O)N2CCN(C(=O)C=Cc3c(C)nn(C)c3C)CC2)c1. The highest BCUT2D eigenvalue weighted by molar-refractivity contribution is 7.89. The van der Waals surface area contributed by atoms with Crippen LogP contribution >= 0.6 is 0 Å². The van der Waals surface area contributed by atoms with E-state index < -0.39 is 10.0 Å². The predicted octanol–water partition coefficient (Wildman–Crippen LogP) is 2.20. The number of sulfonamides is 1. The minimum absolute atomic E-state index is 0.114. The summed E-state index contributed by atoms with van der Waals surface area (Å²) < 4.78 is 29.3. The molecule has 3 rings (SSSR count). The van der Waals surface area contributed by atoms with Gasteiger partial charge in [0.25, 0.3) is 0 Å². The third-order valence-corrected chi connectivity index (χ3v) is 7.51. The summed E-state index contributed by atoms with van der Waals surface area (Å²) in [7, 11) is -1.69. The molecule has 7 nitrogen and oxygen atoms in total. The number of aryl methyl sites for hydroxylation is 4. The lowest BCUT2D eigenvalue weighted by molar-refractivity contribution is -0.127. The molecule has 0 atom stereocenters. The van der Waals surface area contributed by atoms with Crippen LogP contribution in [-0.2, 0) is 21.9 Å². The number of benzene rings is 1. The molecule has 1 aromatic heterocycles. The zero-order valence-corrected chi connectivity index (χ0v) is 18.5. The van der Waals surface area contributed by atoms with Gasteiger partial charge in [0.2, 0.25) is 15.9 Å². The van der Waals surface area contributed by atoms with Gasteiger partial charge >= 0.3 is 0 Å². The van der Waals surface area contributed by atoms with Gasteiger partial charge in [-0.05, 0) is 51.0 Å². The molecular weight excluding hydrogens is 388 g/mol. The molecule has 1 fully saturated rings. The molecule has 156 valence electrons. The molecule has 1 aromatic carbocycles. The summed E-state index contributed by atoms with van der Waals surface area (Å²) in [6.45, 7) is 8.89.